The molecule has 0 bridgehead atoms. The molecule has 2 aromatic rings. The highest BCUT2D eigenvalue weighted by Crippen LogP contribution is 2.11. The van der Waals surface area contributed by atoms with Crippen LogP contribution in [0.1, 0.15) is 11.5 Å². The standard InChI is InChI=1S/C12H17N5O/c1-13-9-11-15-16-12(18-11)17(2)8-5-10-3-6-14-7-4-10/h3-4,6-7,13H,5,8-9H2,1-2H3. The van der Waals surface area contributed by atoms with Gasteiger partial charge in [0.2, 0.25) is 5.89 Å². The van der Waals surface area contributed by atoms with Crippen LogP contribution in [0.2, 0.25) is 0 Å². The highest BCUT2D eigenvalue weighted by atomic mass is 16.4. The molecule has 18 heavy (non-hydrogen) atoms. The van der Waals surface area contributed by atoms with E-state index in [2.05, 4.69) is 20.5 Å². The van der Waals surface area contributed by atoms with Gasteiger partial charge in [0.25, 0.3) is 0 Å². The molecule has 6 nitrogen and oxygen atoms in total. The first-order valence-corrected chi connectivity index (χ1v) is 5.86. The van der Waals surface area contributed by atoms with Gasteiger partial charge >= 0.3 is 6.01 Å². The molecule has 2 rings (SSSR count). The van der Waals surface area contributed by atoms with Crippen LogP contribution >= 0.6 is 0 Å². The van der Waals surface area contributed by atoms with Gasteiger partial charge in [0, 0.05) is 26.0 Å². The topological polar surface area (TPSA) is 67.1 Å². The third kappa shape index (κ3) is 3.27. The molecule has 0 radical (unpaired) electrons. The second-order valence-corrected chi connectivity index (χ2v) is 4.04. The number of nitrogens with zero attached hydrogens (tertiary/aromatic N) is 4. The van der Waals surface area contributed by atoms with Crippen molar-refractivity contribution in [2.45, 2.75) is 13.0 Å². The van der Waals surface area contributed by atoms with Crippen LogP contribution in [0, 0.1) is 0 Å². The van der Waals surface area contributed by atoms with Crippen molar-refractivity contribution in [1.29, 1.82) is 0 Å². The van der Waals surface area contributed by atoms with Crippen LogP contribution in [0.4, 0.5) is 6.01 Å². The molecule has 0 unspecified atom stereocenters. The number of aromatic nitrogens is 3. The summed E-state index contributed by atoms with van der Waals surface area (Å²) in [5.74, 6) is 0.600. The third-order valence-electron chi connectivity index (χ3n) is 2.60. The third-order valence-corrected chi connectivity index (χ3v) is 2.60. The molecule has 0 aromatic carbocycles. The van der Waals surface area contributed by atoms with E-state index in [4.69, 9.17) is 4.42 Å². The Kier molecular flexibility index (Phi) is 4.25. The molecule has 1 N–H and O–H groups in total. The lowest BCUT2D eigenvalue weighted by Crippen LogP contribution is -2.20. The van der Waals surface area contributed by atoms with Gasteiger partial charge in [-0.2, -0.15) is 0 Å². The Balaban J connectivity index is 1.89. The number of nitrogens with one attached hydrogen (secondary N) is 1. The summed E-state index contributed by atoms with van der Waals surface area (Å²) < 4.78 is 5.50. The van der Waals surface area contributed by atoms with E-state index in [1.165, 1.54) is 5.56 Å². The predicted molar refractivity (Wildman–Crippen MR) is 68.3 cm³/mol. The van der Waals surface area contributed by atoms with E-state index in [0.29, 0.717) is 18.5 Å². The molecule has 0 saturated heterocycles. The van der Waals surface area contributed by atoms with Crippen LogP contribution < -0.4 is 10.2 Å². The smallest absolute Gasteiger partial charge is 0.317 e. The second-order valence-electron chi connectivity index (χ2n) is 4.04. The van der Waals surface area contributed by atoms with Gasteiger partial charge in [-0.25, -0.2) is 0 Å². The Hall–Kier alpha value is -1.95. The molecule has 0 amide bonds. The quantitative estimate of drug-likeness (QED) is 0.816. The average Bonchev–Trinajstić information content (AvgIpc) is 2.86. The largest absolute Gasteiger partial charge is 0.407 e. The van der Waals surface area contributed by atoms with Crippen molar-refractivity contribution in [2.75, 3.05) is 25.5 Å². The monoisotopic (exact) mass is 247 g/mol. The maximum atomic E-state index is 5.50. The molecule has 0 spiro atoms. The van der Waals surface area contributed by atoms with Gasteiger partial charge in [-0.05, 0) is 31.2 Å². The lowest BCUT2D eigenvalue weighted by Gasteiger charge is -2.13. The van der Waals surface area contributed by atoms with E-state index >= 15 is 0 Å². The highest BCUT2D eigenvalue weighted by molar-refractivity contribution is 5.23. The summed E-state index contributed by atoms with van der Waals surface area (Å²) in [7, 11) is 3.79. The first kappa shape index (κ1) is 12.5. The maximum absolute atomic E-state index is 5.50. The van der Waals surface area contributed by atoms with E-state index in [0.717, 1.165) is 13.0 Å². The van der Waals surface area contributed by atoms with Crippen molar-refractivity contribution in [1.82, 2.24) is 20.5 Å². The summed E-state index contributed by atoms with van der Waals surface area (Å²) in [5, 5.41) is 10.9. The van der Waals surface area contributed by atoms with Crippen molar-refractivity contribution >= 4 is 6.01 Å². The minimum Gasteiger partial charge on any atom is -0.407 e. The number of pyridine rings is 1. The molecular formula is C12H17N5O. The van der Waals surface area contributed by atoms with E-state index < -0.39 is 0 Å². The van der Waals surface area contributed by atoms with Crippen LogP contribution in [-0.4, -0.2) is 35.8 Å². The van der Waals surface area contributed by atoms with Crippen molar-refractivity contribution in [3.05, 3.63) is 36.0 Å². The molecule has 0 atom stereocenters. The van der Waals surface area contributed by atoms with E-state index in [1.54, 1.807) is 12.4 Å². The Bertz CT molecular complexity index is 470. The van der Waals surface area contributed by atoms with E-state index in [-0.39, 0.29) is 0 Å². The minimum atomic E-state index is 0.550. The van der Waals surface area contributed by atoms with Crippen LogP contribution in [0.5, 0.6) is 0 Å². The molecule has 0 aliphatic heterocycles. The molecule has 0 aliphatic carbocycles. The van der Waals surface area contributed by atoms with Gasteiger partial charge < -0.3 is 14.6 Å². The molecule has 0 fully saturated rings. The SMILES string of the molecule is CNCc1nnc(N(C)CCc2ccncc2)o1. The Labute approximate surface area is 106 Å². The van der Waals surface area contributed by atoms with Gasteiger partial charge in [0.1, 0.15) is 0 Å². The van der Waals surface area contributed by atoms with Crippen LogP contribution in [-0.2, 0) is 13.0 Å². The first-order valence-electron chi connectivity index (χ1n) is 5.86. The van der Waals surface area contributed by atoms with Crippen molar-refractivity contribution in [2.24, 2.45) is 0 Å². The van der Waals surface area contributed by atoms with E-state index in [9.17, 15) is 0 Å². The molecule has 0 saturated carbocycles. The molecule has 2 aromatic heterocycles. The summed E-state index contributed by atoms with van der Waals surface area (Å²) in [6, 6.07) is 4.57. The van der Waals surface area contributed by atoms with Crippen LogP contribution in [0.3, 0.4) is 0 Å². The first-order chi connectivity index (χ1) is 8.79. The number of hydrogen-bond donors (Lipinski definition) is 1. The molecule has 2 heterocycles. The minimum absolute atomic E-state index is 0.550. The number of hydrogen-bond acceptors (Lipinski definition) is 6. The van der Waals surface area contributed by atoms with Gasteiger partial charge in [0.05, 0.1) is 6.54 Å². The van der Waals surface area contributed by atoms with Gasteiger partial charge in [-0.15, -0.1) is 5.10 Å². The lowest BCUT2D eigenvalue weighted by atomic mass is 10.2. The predicted octanol–water partition coefficient (Wildman–Crippen LogP) is 0.863. The van der Waals surface area contributed by atoms with Crippen LogP contribution in [0.15, 0.2) is 28.9 Å². The zero-order valence-electron chi connectivity index (χ0n) is 10.6. The summed E-state index contributed by atoms with van der Waals surface area (Å²) in [6.45, 7) is 1.41. The average molecular weight is 247 g/mol. The van der Waals surface area contributed by atoms with Gasteiger partial charge in [-0.1, -0.05) is 5.10 Å². The molecule has 96 valence electrons. The second kappa shape index (κ2) is 6.11. The van der Waals surface area contributed by atoms with E-state index in [1.807, 2.05) is 31.1 Å². The number of rotatable bonds is 6. The molecule has 0 aliphatic rings. The van der Waals surface area contributed by atoms with Gasteiger partial charge in [0.15, 0.2) is 0 Å². The zero-order chi connectivity index (χ0) is 12.8. The lowest BCUT2D eigenvalue weighted by molar-refractivity contribution is 0.476. The summed E-state index contributed by atoms with van der Waals surface area (Å²) in [4.78, 5) is 5.94. The fourth-order valence-corrected chi connectivity index (χ4v) is 1.56. The molecular weight excluding hydrogens is 230 g/mol. The normalized spacial score (nSPS) is 10.6. The molecule has 6 heteroatoms. The number of likely N-dealkylation sites (N-methyl/N-ethyl adjacent to an activating group) is 1. The Morgan fingerprint density at radius 3 is 2.78 bits per heavy atom. The zero-order valence-corrected chi connectivity index (χ0v) is 10.6. The van der Waals surface area contributed by atoms with Gasteiger partial charge in [-0.3, -0.25) is 4.98 Å². The fourth-order valence-electron chi connectivity index (χ4n) is 1.56. The Morgan fingerprint density at radius 2 is 2.06 bits per heavy atom. The maximum Gasteiger partial charge on any atom is 0.317 e. The fraction of sp³-hybridized carbons (Fsp3) is 0.417. The number of anilines is 1. The Morgan fingerprint density at radius 1 is 1.28 bits per heavy atom. The van der Waals surface area contributed by atoms with Crippen LogP contribution in [0.25, 0.3) is 0 Å². The summed E-state index contributed by atoms with van der Waals surface area (Å²) >= 11 is 0. The highest BCUT2D eigenvalue weighted by Gasteiger charge is 2.09. The van der Waals surface area contributed by atoms with Crippen molar-refractivity contribution < 1.29 is 4.42 Å². The van der Waals surface area contributed by atoms with Crippen molar-refractivity contribution in [3.8, 4) is 0 Å². The van der Waals surface area contributed by atoms with Crippen molar-refractivity contribution in [3.63, 3.8) is 0 Å². The summed E-state index contributed by atoms with van der Waals surface area (Å²) in [6.07, 6.45) is 4.52. The summed E-state index contributed by atoms with van der Waals surface area (Å²) in [5.41, 5.74) is 1.24.